The number of carbonyl (C=O) groups is 1. The van der Waals surface area contributed by atoms with Gasteiger partial charge in [-0.15, -0.1) is 0 Å². The Morgan fingerprint density at radius 3 is 2.63 bits per heavy atom. The smallest absolute Gasteiger partial charge is 0.241 e. The Morgan fingerprint density at radius 2 is 1.95 bits per heavy atom. The topological polar surface area (TPSA) is 41.1 Å². The predicted octanol–water partition coefficient (Wildman–Crippen LogP) is 3.54. The summed E-state index contributed by atoms with van der Waals surface area (Å²) in [4.78, 5) is 12.3. The third-order valence-electron chi connectivity index (χ3n) is 3.62. The van der Waals surface area contributed by atoms with Crippen LogP contribution in [-0.2, 0) is 4.79 Å². The molecule has 19 heavy (non-hydrogen) atoms. The van der Waals surface area contributed by atoms with E-state index in [0.717, 1.165) is 40.7 Å². The quantitative estimate of drug-likeness (QED) is 0.873. The third kappa shape index (κ3) is 3.80. The van der Waals surface area contributed by atoms with E-state index in [1.807, 2.05) is 26.0 Å². The van der Waals surface area contributed by atoms with Crippen LogP contribution in [0.1, 0.15) is 36.8 Å². The van der Waals surface area contributed by atoms with E-state index in [-0.39, 0.29) is 11.9 Å². The molecule has 1 unspecified atom stereocenters. The summed E-state index contributed by atoms with van der Waals surface area (Å²) in [5.74, 6) is 0.0930. The molecular formula is C15H21BrN2O. The van der Waals surface area contributed by atoms with Crippen molar-refractivity contribution in [3.8, 4) is 0 Å². The van der Waals surface area contributed by atoms with Crippen LogP contribution in [0.3, 0.4) is 0 Å². The molecule has 0 saturated carbocycles. The number of hydrogen-bond donors (Lipinski definition) is 2. The molecule has 1 aromatic carbocycles. The highest BCUT2D eigenvalue weighted by molar-refractivity contribution is 9.10. The molecule has 0 spiro atoms. The lowest BCUT2D eigenvalue weighted by Crippen LogP contribution is -2.40. The fraction of sp³-hybridized carbons (Fsp3) is 0.533. The first kappa shape index (κ1) is 14.5. The first-order valence-corrected chi connectivity index (χ1v) is 7.68. The Labute approximate surface area is 123 Å². The van der Waals surface area contributed by atoms with Gasteiger partial charge in [-0.2, -0.15) is 0 Å². The first-order valence-electron chi connectivity index (χ1n) is 6.89. The van der Waals surface area contributed by atoms with Crippen molar-refractivity contribution in [3.05, 3.63) is 27.7 Å². The number of hydrogen-bond acceptors (Lipinski definition) is 2. The molecule has 1 aliphatic heterocycles. The molecule has 1 amide bonds. The minimum atomic E-state index is -0.0510. The Kier molecular flexibility index (Phi) is 4.99. The molecule has 1 saturated heterocycles. The van der Waals surface area contributed by atoms with E-state index < -0.39 is 0 Å². The van der Waals surface area contributed by atoms with Crippen LogP contribution in [0.25, 0.3) is 0 Å². The van der Waals surface area contributed by atoms with Crippen molar-refractivity contribution in [1.29, 1.82) is 0 Å². The highest BCUT2D eigenvalue weighted by atomic mass is 79.9. The molecule has 1 fully saturated rings. The van der Waals surface area contributed by atoms with Crippen LogP contribution in [-0.4, -0.2) is 18.5 Å². The second kappa shape index (κ2) is 6.53. The van der Waals surface area contributed by atoms with Crippen LogP contribution >= 0.6 is 15.9 Å². The van der Waals surface area contributed by atoms with Gasteiger partial charge in [-0.3, -0.25) is 4.79 Å². The van der Waals surface area contributed by atoms with Gasteiger partial charge in [-0.1, -0.05) is 28.8 Å². The molecule has 104 valence electrons. The second-order valence-corrected chi connectivity index (χ2v) is 6.18. The van der Waals surface area contributed by atoms with Crippen LogP contribution in [0, 0.1) is 13.8 Å². The third-order valence-corrected chi connectivity index (χ3v) is 4.08. The maximum absolute atomic E-state index is 12.3. The number of nitrogens with one attached hydrogen (secondary N) is 2. The molecule has 1 heterocycles. The maximum Gasteiger partial charge on any atom is 0.241 e. The number of amides is 1. The SMILES string of the molecule is Cc1cc(Br)cc(C)c1NC(=O)C1CCCCCN1. The molecule has 1 aliphatic rings. The second-order valence-electron chi connectivity index (χ2n) is 5.26. The molecule has 1 atom stereocenters. The van der Waals surface area contributed by atoms with Gasteiger partial charge in [0.15, 0.2) is 0 Å². The van der Waals surface area contributed by atoms with Crippen molar-refractivity contribution in [1.82, 2.24) is 5.32 Å². The van der Waals surface area contributed by atoms with Gasteiger partial charge >= 0.3 is 0 Å². The molecule has 1 aromatic rings. The van der Waals surface area contributed by atoms with Crippen molar-refractivity contribution in [3.63, 3.8) is 0 Å². The number of rotatable bonds is 2. The van der Waals surface area contributed by atoms with E-state index in [1.165, 1.54) is 12.8 Å². The van der Waals surface area contributed by atoms with Crippen molar-refractivity contribution in [2.45, 2.75) is 45.6 Å². The monoisotopic (exact) mass is 324 g/mol. The average molecular weight is 325 g/mol. The summed E-state index contributed by atoms with van der Waals surface area (Å²) in [6.45, 7) is 4.98. The predicted molar refractivity (Wildman–Crippen MR) is 82.5 cm³/mol. The average Bonchev–Trinajstić information content (AvgIpc) is 2.62. The van der Waals surface area contributed by atoms with Crippen LogP contribution in [0.5, 0.6) is 0 Å². The molecule has 0 aromatic heterocycles. The normalized spacial score (nSPS) is 19.8. The molecule has 0 bridgehead atoms. The zero-order chi connectivity index (χ0) is 13.8. The first-order chi connectivity index (χ1) is 9.08. The Morgan fingerprint density at radius 1 is 1.26 bits per heavy atom. The van der Waals surface area contributed by atoms with Gasteiger partial charge in [-0.25, -0.2) is 0 Å². The largest absolute Gasteiger partial charge is 0.324 e. The van der Waals surface area contributed by atoms with E-state index in [9.17, 15) is 4.79 Å². The highest BCUT2D eigenvalue weighted by Gasteiger charge is 2.20. The van der Waals surface area contributed by atoms with Crippen LogP contribution in [0.15, 0.2) is 16.6 Å². The minimum Gasteiger partial charge on any atom is -0.324 e. The Hall–Kier alpha value is -0.870. The summed E-state index contributed by atoms with van der Waals surface area (Å²) in [7, 11) is 0. The zero-order valence-corrected chi connectivity index (χ0v) is 13.1. The number of benzene rings is 1. The van der Waals surface area contributed by atoms with E-state index in [1.54, 1.807) is 0 Å². The van der Waals surface area contributed by atoms with Gasteiger partial charge in [0.2, 0.25) is 5.91 Å². The Balaban J connectivity index is 2.10. The van der Waals surface area contributed by atoms with Crippen molar-refractivity contribution in [2.24, 2.45) is 0 Å². The zero-order valence-electron chi connectivity index (χ0n) is 11.6. The Bertz CT molecular complexity index is 442. The molecule has 4 heteroatoms. The van der Waals surface area contributed by atoms with Crippen LogP contribution in [0.4, 0.5) is 5.69 Å². The van der Waals surface area contributed by atoms with Gasteiger partial charge < -0.3 is 10.6 Å². The number of anilines is 1. The summed E-state index contributed by atoms with van der Waals surface area (Å²) < 4.78 is 1.05. The summed E-state index contributed by atoms with van der Waals surface area (Å²) in [5, 5.41) is 6.41. The van der Waals surface area contributed by atoms with Gasteiger partial charge in [0.25, 0.3) is 0 Å². The standard InChI is InChI=1S/C15H21BrN2O/c1-10-8-12(16)9-11(2)14(10)18-15(19)13-6-4-3-5-7-17-13/h8-9,13,17H,3-7H2,1-2H3,(H,18,19). The minimum absolute atomic E-state index is 0.0510. The van der Waals surface area contributed by atoms with Gasteiger partial charge in [-0.05, 0) is 56.5 Å². The van der Waals surface area contributed by atoms with Gasteiger partial charge in [0.1, 0.15) is 0 Å². The molecular weight excluding hydrogens is 304 g/mol. The summed E-state index contributed by atoms with van der Waals surface area (Å²) >= 11 is 3.48. The van der Waals surface area contributed by atoms with Crippen molar-refractivity contribution in [2.75, 3.05) is 11.9 Å². The molecule has 0 radical (unpaired) electrons. The van der Waals surface area contributed by atoms with Crippen LogP contribution in [0.2, 0.25) is 0 Å². The molecule has 2 N–H and O–H groups in total. The lowest BCUT2D eigenvalue weighted by atomic mass is 10.1. The summed E-state index contributed by atoms with van der Waals surface area (Å²) in [6.07, 6.45) is 4.44. The van der Waals surface area contributed by atoms with E-state index in [2.05, 4.69) is 26.6 Å². The maximum atomic E-state index is 12.3. The van der Waals surface area contributed by atoms with Gasteiger partial charge in [0, 0.05) is 10.2 Å². The lowest BCUT2D eigenvalue weighted by Gasteiger charge is -2.18. The van der Waals surface area contributed by atoms with Gasteiger partial charge in [0.05, 0.1) is 6.04 Å². The fourth-order valence-corrected chi connectivity index (χ4v) is 3.26. The number of aryl methyl sites for hydroxylation is 2. The lowest BCUT2D eigenvalue weighted by molar-refractivity contribution is -0.118. The number of carbonyl (C=O) groups excluding carboxylic acids is 1. The van der Waals surface area contributed by atoms with Crippen LogP contribution < -0.4 is 10.6 Å². The number of halogens is 1. The highest BCUT2D eigenvalue weighted by Crippen LogP contribution is 2.25. The summed E-state index contributed by atoms with van der Waals surface area (Å²) in [6, 6.07) is 4.01. The molecule has 0 aliphatic carbocycles. The molecule has 2 rings (SSSR count). The van der Waals surface area contributed by atoms with E-state index >= 15 is 0 Å². The van der Waals surface area contributed by atoms with Crippen molar-refractivity contribution >= 4 is 27.5 Å². The van der Waals surface area contributed by atoms with E-state index in [4.69, 9.17) is 0 Å². The summed E-state index contributed by atoms with van der Waals surface area (Å²) in [5.41, 5.74) is 3.13. The fourth-order valence-electron chi connectivity index (χ4n) is 2.57. The molecule has 3 nitrogen and oxygen atoms in total. The van der Waals surface area contributed by atoms with Crippen molar-refractivity contribution < 1.29 is 4.79 Å². The van der Waals surface area contributed by atoms with E-state index in [0.29, 0.717) is 0 Å².